The molecule has 1 aliphatic heterocycles. The fourth-order valence-electron chi connectivity index (χ4n) is 3.03. The van der Waals surface area contributed by atoms with Gasteiger partial charge in [0.1, 0.15) is 5.82 Å². The molecule has 98 valence electrons. The third-order valence-corrected chi connectivity index (χ3v) is 4.47. The maximum Gasteiger partial charge on any atom is 0.139 e. The molecular formula is C13H16BrFN2O. The smallest absolute Gasteiger partial charge is 0.139 e. The minimum atomic E-state index is -0.264. The fourth-order valence-corrected chi connectivity index (χ4v) is 3.39. The Bertz CT molecular complexity index is 469. The van der Waals surface area contributed by atoms with Gasteiger partial charge in [0.2, 0.25) is 0 Å². The molecule has 2 unspecified atom stereocenters. The molecule has 1 heterocycles. The predicted octanol–water partition coefficient (Wildman–Crippen LogP) is 2.93. The Morgan fingerprint density at radius 3 is 3.06 bits per heavy atom. The quantitative estimate of drug-likeness (QED) is 0.810. The highest BCUT2D eigenvalue weighted by molar-refractivity contribution is 9.10. The molecule has 2 atom stereocenters. The monoisotopic (exact) mass is 314 g/mol. The molecule has 2 fully saturated rings. The molecule has 1 saturated heterocycles. The normalized spacial score (nSPS) is 27.3. The van der Waals surface area contributed by atoms with Crippen LogP contribution in [0.2, 0.25) is 0 Å². The summed E-state index contributed by atoms with van der Waals surface area (Å²) in [5, 5.41) is 0. The molecular weight excluding hydrogens is 299 g/mol. The van der Waals surface area contributed by atoms with Crippen LogP contribution in [0.15, 0.2) is 16.6 Å². The summed E-state index contributed by atoms with van der Waals surface area (Å²) < 4.78 is 19.9. The number of hydrogen-bond acceptors (Lipinski definition) is 3. The van der Waals surface area contributed by atoms with Crippen molar-refractivity contribution in [2.75, 3.05) is 23.8 Å². The first-order valence-electron chi connectivity index (χ1n) is 6.29. The Balaban J connectivity index is 1.96. The molecule has 0 bridgehead atoms. The van der Waals surface area contributed by atoms with Crippen molar-refractivity contribution in [1.82, 2.24) is 0 Å². The lowest BCUT2D eigenvalue weighted by atomic mass is 10.1. The molecule has 5 heteroatoms. The van der Waals surface area contributed by atoms with E-state index in [9.17, 15) is 4.39 Å². The maximum atomic E-state index is 13.7. The topological polar surface area (TPSA) is 38.5 Å². The van der Waals surface area contributed by atoms with Gasteiger partial charge < -0.3 is 15.4 Å². The van der Waals surface area contributed by atoms with Gasteiger partial charge in [-0.05, 0) is 41.3 Å². The number of halogens is 2. The van der Waals surface area contributed by atoms with E-state index in [-0.39, 0.29) is 11.9 Å². The summed E-state index contributed by atoms with van der Waals surface area (Å²) in [5.41, 5.74) is 7.45. The molecule has 1 aromatic carbocycles. The van der Waals surface area contributed by atoms with Crippen LogP contribution in [0.25, 0.3) is 0 Å². The largest absolute Gasteiger partial charge is 0.397 e. The van der Waals surface area contributed by atoms with Gasteiger partial charge in [-0.15, -0.1) is 0 Å². The number of anilines is 2. The van der Waals surface area contributed by atoms with Crippen LogP contribution in [0, 0.1) is 5.82 Å². The SMILES string of the molecule is Nc1cc(Br)c(F)cc1N1CCOC2CCCC21. The summed E-state index contributed by atoms with van der Waals surface area (Å²) in [4.78, 5) is 2.21. The minimum Gasteiger partial charge on any atom is -0.397 e. The van der Waals surface area contributed by atoms with Gasteiger partial charge >= 0.3 is 0 Å². The van der Waals surface area contributed by atoms with Crippen LogP contribution in [-0.4, -0.2) is 25.3 Å². The highest BCUT2D eigenvalue weighted by atomic mass is 79.9. The number of rotatable bonds is 1. The summed E-state index contributed by atoms with van der Waals surface area (Å²) in [5.74, 6) is -0.264. The van der Waals surface area contributed by atoms with Crippen LogP contribution < -0.4 is 10.6 Å². The first-order chi connectivity index (χ1) is 8.66. The number of fused-ring (bicyclic) bond motifs is 1. The van der Waals surface area contributed by atoms with Gasteiger partial charge in [0.15, 0.2) is 0 Å². The fraction of sp³-hybridized carbons (Fsp3) is 0.538. The molecule has 3 rings (SSSR count). The second kappa shape index (κ2) is 4.70. The number of hydrogen-bond donors (Lipinski definition) is 1. The lowest BCUT2D eigenvalue weighted by molar-refractivity contribution is 0.0257. The van der Waals surface area contributed by atoms with Crippen molar-refractivity contribution in [3.8, 4) is 0 Å². The van der Waals surface area contributed by atoms with E-state index in [0.717, 1.165) is 25.1 Å². The second-order valence-corrected chi connectivity index (χ2v) is 5.78. The molecule has 3 nitrogen and oxygen atoms in total. The highest BCUT2D eigenvalue weighted by Gasteiger charge is 2.36. The first-order valence-corrected chi connectivity index (χ1v) is 7.09. The number of nitrogen functional groups attached to an aromatic ring is 1. The van der Waals surface area contributed by atoms with Gasteiger partial charge in [-0.2, -0.15) is 0 Å². The Morgan fingerprint density at radius 2 is 2.22 bits per heavy atom. The third-order valence-electron chi connectivity index (χ3n) is 3.86. The number of nitrogens with two attached hydrogens (primary N) is 1. The Morgan fingerprint density at radius 1 is 1.39 bits per heavy atom. The summed E-state index contributed by atoms with van der Waals surface area (Å²) in [7, 11) is 0. The standard InChI is InChI=1S/C13H16BrFN2O/c14-8-6-10(16)12(7-9(8)15)17-4-5-18-13-3-1-2-11(13)17/h6-7,11,13H,1-5,16H2. The first kappa shape index (κ1) is 12.2. The van der Waals surface area contributed by atoms with E-state index < -0.39 is 0 Å². The van der Waals surface area contributed by atoms with Gasteiger partial charge in [0.25, 0.3) is 0 Å². The molecule has 1 aromatic rings. The molecule has 1 aliphatic carbocycles. The van der Waals surface area contributed by atoms with Gasteiger partial charge in [-0.25, -0.2) is 4.39 Å². The van der Waals surface area contributed by atoms with Crippen molar-refractivity contribution in [3.05, 3.63) is 22.4 Å². The Kier molecular flexibility index (Phi) is 3.20. The van der Waals surface area contributed by atoms with Crippen LogP contribution in [-0.2, 0) is 4.74 Å². The van der Waals surface area contributed by atoms with Gasteiger partial charge in [-0.3, -0.25) is 0 Å². The Labute approximate surface area is 114 Å². The van der Waals surface area contributed by atoms with Crippen molar-refractivity contribution >= 4 is 27.3 Å². The number of morpholine rings is 1. The van der Waals surface area contributed by atoms with Crippen LogP contribution in [0.1, 0.15) is 19.3 Å². The average molecular weight is 315 g/mol. The number of ether oxygens (including phenoxy) is 1. The van der Waals surface area contributed by atoms with Crippen molar-refractivity contribution in [1.29, 1.82) is 0 Å². The lowest BCUT2D eigenvalue weighted by Crippen LogP contribution is -2.48. The molecule has 0 aromatic heterocycles. The summed E-state index contributed by atoms with van der Waals surface area (Å²) in [6.45, 7) is 1.48. The molecule has 1 saturated carbocycles. The number of nitrogens with zero attached hydrogens (tertiary/aromatic N) is 1. The van der Waals surface area contributed by atoms with Crippen LogP contribution >= 0.6 is 15.9 Å². The van der Waals surface area contributed by atoms with Crippen molar-refractivity contribution in [2.45, 2.75) is 31.4 Å². The average Bonchev–Trinajstić information content (AvgIpc) is 2.82. The molecule has 0 radical (unpaired) electrons. The second-order valence-electron chi connectivity index (χ2n) is 4.93. The van der Waals surface area contributed by atoms with E-state index in [4.69, 9.17) is 10.5 Å². The van der Waals surface area contributed by atoms with E-state index in [2.05, 4.69) is 20.8 Å². The van der Waals surface area contributed by atoms with E-state index in [1.165, 1.54) is 12.5 Å². The van der Waals surface area contributed by atoms with Gasteiger partial charge in [-0.1, -0.05) is 0 Å². The van der Waals surface area contributed by atoms with Gasteiger partial charge in [0, 0.05) is 12.6 Å². The molecule has 0 amide bonds. The van der Waals surface area contributed by atoms with E-state index in [0.29, 0.717) is 22.8 Å². The zero-order valence-electron chi connectivity index (χ0n) is 10.0. The van der Waals surface area contributed by atoms with Crippen molar-refractivity contribution in [3.63, 3.8) is 0 Å². The molecule has 0 spiro atoms. The minimum absolute atomic E-state index is 0.264. The molecule has 18 heavy (non-hydrogen) atoms. The maximum absolute atomic E-state index is 13.7. The zero-order chi connectivity index (χ0) is 12.7. The van der Waals surface area contributed by atoms with E-state index in [1.54, 1.807) is 6.07 Å². The highest BCUT2D eigenvalue weighted by Crippen LogP contribution is 2.37. The van der Waals surface area contributed by atoms with Crippen LogP contribution in [0.4, 0.5) is 15.8 Å². The molecule has 2 N–H and O–H groups in total. The number of benzene rings is 1. The summed E-state index contributed by atoms with van der Waals surface area (Å²) in [6, 6.07) is 3.52. The third kappa shape index (κ3) is 1.99. The zero-order valence-corrected chi connectivity index (χ0v) is 11.6. The van der Waals surface area contributed by atoms with Gasteiger partial charge in [0.05, 0.1) is 34.6 Å². The van der Waals surface area contributed by atoms with Crippen molar-refractivity contribution in [2.24, 2.45) is 0 Å². The predicted molar refractivity (Wildman–Crippen MR) is 73.2 cm³/mol. The Hall–Kier alpha value is -0.810. The lowest BCUT2D eigenvalue weighted by Gasteiger charge is -2.39. The van der Waals surface area contributed by atoms with E-state index in [1.807, 2.05) is 0 Å². The van der Waals surface area contributed by atoms with Crippen molar-refractivity contribution < 1.29 is 9.13 Å². The summed E-state index contributed by atoms with van der Waals surface area (Å²) >= 11 is 3.16. The van der Waals surface area contributed by atoms with Crippen LogP contribution in [0.3, 0.4) is 0 Å². The van der Waals surface area contributed by atoms with E-state index >= 15 is 0 Å². The molecule has 2 aliphatic rings. The summed E-state index contributed by atoms with van der Waals surface area (Å²) in [6.07, 6.45) is 3.65. The van der Waals surface area contributed by atoms with Crippen LogP contribution in [0.5, 0.6) is 0 Å².